The third-order valence-corrected chi connectivity index (χ3v) is 5.06. The molecule has 1 heterocycles. The summed E-state index contributed by atoms with van der Waals surface area (Å²) in [6, 6.07) is 8.37. The van der Waals surface area contributed by atoms with Gasteiger partial charge in [-0.05, 0) is 50.9 Å². The van der Waals surface area contributed by atoms with Crippen LogP contribution in [-0.4, -0.2) is 56.0 Å². The van der Waals surface area contributed by atoms with E-state index in [1.807, 2.05) is 6.07 Å². The minimum Gasteiger partial charge on any atom is -0.357 e. The third kappa shape index (κ3) is 6.88. The second kappa shape index (κ2) is 11.3. The zero-order valence-corrected chi connectivity index (χ0v) is 18.9. The van der Waals surface area contributed by atoms with Crippen molar-refractivity contribution in [2.24, 2.45) is 10.9 Å². The number of halogens is 2. The maximum Gasteiger partial charge on any atom is 0.193 e. The van der Waals surface area contributed by atoms with Gasteiger partial charge in [-0.1, -0.05) is 34.1 Å². The van der Waals surface area contributed by atoms with Gasteiger partial charge in [-0.3, -0.25) is 4.99 Å². The van der Waals surface area contributed by atoms with Crippen molar-refractivity contribution < 1.29 is 0 Å². The number of hydrogen-bond acceptors (Lipinski definition) is 2. The van der Waals surface area contributed by atoms with Gasteiger partial charge in [0.2, 0.25) is 0 Å². The van der Waals surface area contributed by atoms with Crippen LogP contribution in [0.2, 0.25) is 0 Å². The topological polar surface area (TPSA) is 30.9 Å². The Morgan fingerprint density at radius 1 is 1.42 bits per heavy atom. The first-order valence-corrected chi connectivity index (χ1v) is 9.30. The van der Waals surface area contributed by atoms with Crippen LogP contribution in [-0.2, 0) is 6.54 Å². The quantitative estimate of drug-likeness (QED) is 0.373. The van der Waals surface area contributed by atoms with E-state index in [4.69, 9.17) is 4.99 Å². The van der Waals surface area contributed by atoms with Gasteiger partial charge in [-0.25, -0.2) is 0 Å². The summed E-state index contributed by atoms with van der Waals surface area (Å²) >= 11 is 3.63. The van der Waals surface area contributed by atoms with Crippen molar-refractivity contribution in [2.45, 2.75) is 26.3 Å². The molecule has 1 aliphatic rings. The standard InChI is InChI=1S/C18H29BrN4.HI/c1-4-20-18(21-12-15-8-7-11-22(2)13-15)23(3)14-16-9-5-6-10-17(16)19;/h5-6,9-10,15H,4,7-8,11-14H2,1-3H3,(H,20,21);1H. The Hall–Kier alpha value is -0.340. The SMILES string of the molecule is CCNC(=NCC1CCCN(C)C1)N(C)Cc1ccccc1Br.I. The molecule has 0 spiro atoms. The van der Waals surface area contributed by atoms with Crippen molar-refractivity contribution in [3.8, 4) is 0 Å². The predicted octanol–water partition coefficient (Wildman–Crippen LogP) is 3.81. The van der Waals surface area contributed by atoms with Crippen molar-refractivity contribution in [2.75, 3.05) is 40.3 Å². The third-order valence-electron chi connectivity index (χ3n) is 4.28. The van der Waals surface area contributed by atoms with Crippen LogP contribution in [0.3, 0.4) is 0 Å². The molecule has 1 unspecified atom stereocenters. The number of benzene rings is 1. The Bertz CT molecular complexity index is 523. The summed E-state index contributed by atoms with van der Waals surface area (Å²) in [6.07, 6.45) is 2.58. The molecule has 0 aliphatic carbocycles. The van der Waals surface area contributed by atoms with E-state index >= 15 is 0 Å². The van der Waals surface area contributed by atoms with Crippen LogP contribution in [0, 0.1) is 5.92 Å². The van der Waals surface area contributed by atoms with Crippen molar-refractivity contribution >= 4 is 45.9 Å². The van der Waals surface area contributed by atoms with Crippen molar-refractivity contribution in [1.29, 1.82) is 0 Å². The van der Waals surface area contributed by atoms with Gasteiger partial charge in [-0.2, -0.15) is 0 Å². The highest BCUT2D eigenvalue weighted by Gasteiger charge is 2.17. The van der Waals surface area contributed by atoms with Crippen LogP contribution in [0.15, 0.2) is 33.7 Å². The molecule has 1 aromatic rings. The zero-order valence-electron chi connectivity index (χ0n) is 15.0. The Labute approximate surface area is 172 Å². The summed E-state index contributed by atoms with van der Waals surface area (Å²) in [5, 5.41) is 3.42. The van der Waals surface area contributed by atoms with E-state index in [1.165, 1.54) is 24.9 Å². The molecule has 1 aromatic carbocycles. The minimum atomic E-state index is 0. The molecule has 1 atom stereocenters. The second-order valence-corrected chi connectivity index (χ2v) is 7.27. The summed E-state index contributed by atoms with van der Waals surface area (Å²) in [5.41, 5.74) is 1.28. The van der Waals surface area contributed by atoms with E-state index in [0.29, 0.717) is 5.92 Å². The normalized spacial score (nSPS) is 18.8. The largest absolute Gasteiger partial charge is 0.357 e. The van der Waals surface area contributed by atoms with E-state index < -0.39 is 0 Å². The van der Waals surface area contributed by atoms with E-state index in [9.17, 15) is 0 Å². The number of piperidine rings is 1. The first kappa shape index (κ1) is 21.7. The van der Waals surface area contributed by atoms with Gasteiger partial charge in [0.15, 0.2) is 5.96 Å². The smallest absolute Gasteiger partial charge is 0.193 e. The molecule has 136 valence electrons. The first-order valence-electron chi connectivity index (χ1n) is 8.51. The molecule has 2 rings (SSSR count). The number of nitrogens with one attached hydrogen (secondary N) is 1. The number of nitrogens with zero attached hydrogens (tertiary/aromatic N) is 3. The van der Waals surface area contributed by atoms with Gasteiger partial charge in [0, 0.05) is 37.7 Å². The monoisotopic (exact) mass is 508 g/mol. The van der Waals surface area contributed by atoms with Crippen molar-refractivity contribution in [3.05, 3.63) is 34.3 Å². The maximum absolute atomic E-state index is 4.89. The number of hydrogen-bond donors (Lipinski definition) is 1. The number of rotatable bonds is 5. The lowest BCUT2D eigenvalue weighted by molar-refractivity contribution is 0.214. The van der Waals surface area contributed by atoms with Gasteiger partial charge in [0.05, 0.1) is 0 Å². The second-order valence-electron chi connectivity index (χ2n) is 6.41. The molecule has 4 nitrogen and oxygen atoms in total. The highest BCUT2D eigenvalue weighted by molar-refractivity contribution is 14.0. The Morgan fingerprint density at radius 3 is 2.83 bits per heavy atom. The van der Waals surface area contributed by atoms with E-state index in [0.717, 1.165) is 36.6 Å². The first-order chi connectivity index (χ1) is 11.1. The van der Waals surface area contributed by atoms with Crippen LogP contribution < -0.4 is 5.32 Å². The lowest BCUT2D eigenvalue weighted by atomic mass is 9.99. The van der Waals surface area contributed by atoms with Crippen LogP contribution in [0.5, 0.6) is 0 Å². The summed E-state index contributed by atoms with van der Waals surface area (Å²) in [6.45, 7) is 7.16. The predicted molar refractivity (Wildman–Crippen MR) is 117 cm³/mol. The molecule has 0 radical (unpaired) electrons. The van der Waals surface area contributed by atoms with Gasteiger partial charge in [0.1, 0.15) is 0 Å². The fourth-order valence-electron chi connectivity index (χ4n) is 3.06. The maximum atomic E-state index is 4.89. The average molecular weight is 509 g/mol. The Morgan fingerprint density at radius 2 is 2.17 bits per heavy atom. The van der Waals surface area contributed by atoms with E-state index in [-0.39, 0.29) is 24.0 Å². The lowest BCUT2D eigenvalue weighted by Crippen LogP contribution is -2.39. The molecule has 0 saturated carbocycles. The number of guanidine groups is 1. The zero-order chi connectivity index (χ0) is 16.7. The number of likely N-dealkylation sites (tertiary alicyclic amines) is 1. The summed E-state index contributed by atoms with van der Waals surface area (Å²) in [5.74, 6) is 1.68. The van der Waals surface area contributed by atoms with E-state index in [2.05, 4.69) is 70.3 Å². The van der Waals surface area contributed by atoms with Gasteiger partial charge < -0.3 is 15.1 Å². The fourth-order valence-corrected chi connectivity index (χ4v) is 3.47. The van der Waals surface area contributed by atoms with Gasteiger partial charge in [-0.15, -0.1) is 24.0 Å². The number of aliphatic imine (C=N–C) groups is 1. The minimum absolute atomic E-state index is 0. The molecule has 1 aliphatic heterocycles. The molecule has 6 heteroatoms. The van der Waals surface area contributed by atoms with Gasteiger partial charge >= 0.3 is 0 Å². The summed E-state index contributed by atoms with van der Waals surface area (Å²) in [7, 11) is 4.31. The van der Waals surface area contributed by atoms with Crippen molar-refractivity contribution in [1.82, 2.24) is 15.1 Å². The molecule has 0 amide bonds. The molecule has 1 N–H and O–H groups in total. The summed E-state index contributed by atoms with van der Waals surface area (Å²) < 4.78 is 1.15. The van der Waals surface area contributed by atoms with Gasteiger partial charge in [0.25, 0.3) is 0 Å². The molecule has 1 fully saturated rings. The Balaban J connectivity index is 0.00000288. The molecular formula is C18H30BrIN4. The molecule has 24 heavy (non-hydrogen) atoms. The van der Waals surface area contributed by atoms with Crippen LogP contribution >= 0.6 is 39.9 Å². The Kier molecular flexibility index (Phi) is 10.2. The summed E-state index contributed by atoms with van der Waals surface area (Å²) in [4.78, 5) is 9.51. The van der Waals surface area contributed by atoms with E-state index in [1.54, 1.807) is 0 Å². The van der Waals surface area contributed by atoms with Crippen molar-refractivity contribution in [3.63, 3.8) is 0 Å². The lowest BCUT2D eigenvalue weighted by Gasteiger charge is -2.29. The average Bonchev–Trinajstić information content (AvgIpc) is 2.53. The molecule has 0 bridgehead atoms. The molecule has 1 saturated heterocycles. The van der Waals surface area contributed by atoms with Crippen LogP contribution in [0.4, 0.5) is 0 Å². The molecule has 0 aromatic heterocycles. The van der Waals surface area contributed by atoms with Crippen LogP contribution in [0.1, 0.15) is 25.3 Å². The molecular weight excluding hydrogens is 479 g/mol. The van der Waals surface area contributed by atoms with Crippen LogP contribution in [0.25, 0.3) is 0 Å². The fraction of sp³-hybridized carbons (Fsp3) is 0.611. The highest BCUT2D eigenvalue weighted by atomic mass is 127. The highest BCUT2D eigenvalue weighted by Crippen LogP contribution is 2.18.